The number of hydrogen-bond donors (Lipinski definition) is 1. The Hall–Kier alpha value is -2.04. The van der Waals surface area contributed by atoms with Crippen LogP contribution in [0.2, 0.25) is 10.0 Å². The van der Waals surface area contributed by atoms with E-state index in [0.29, 0.717) is 16.5 Å². The standard InChI is InChI=1S/C17H14Cl2O4/c1-10(8-11-6-7-14(18)15(19)9-11)23-17(22)13-5-3-2-4-12(13)16(20)21/h2-7,9-10H,8H2,1H3,(H,20,21)/t10-/m0/s1. The number of halogens is 2. The average molecular weight is 353 g/mol. The van der Waals surface area contributed by atoms with Gasteiger partial charge in [-0.1, -0.05) is 41.4 Å². The maximum atomic E-state index is 12.2. The van der Waals surface area contributed by atoms with E-state index in [1.54, 1.807) is 37.3 Å². The Kier molecular flexibility index (Phi) is 5.64. The minimum atomic E-state index is -1.17. The number of carbonyl (C=O) groups excluding carboxylic acids is 1. The number of ether oxygens (including phenoxy) is 1. The summed E-state index contributed by atoms with van der Waals surface area (Å²) in [5.41, 5.74) is 0.812. The molecule has 0 bridgehead atoms. The summed E-state index contributed by atoms with van der Waals surface area (Å²) < 4.78 is 5.32. The Morgan fingerprint density at radius 1 is 1.09 bits per heavy atom. The average Bonchev–Trinajstić information content (AvgIpc) is 2.50. The third kappa shape index (κ3) is 4.47. The molecule has 2 aromatic carbocycles. The second-order valence-corrected chi connectivity index (χ2v) is 5.83. The predicted molar refractivity (Wildman–Crippen MR) is 88.4 cm³/mol. The third-order valence-electron chi connectivity index (χ3n) is 3.19. The Bertz CT molecular complexity index is 743. The Labute approximate surface area is 143 Å². The van der Waals surface area contributed by atoms with Crippen LogP contribution in [0.5, 0.6) is 0 Å². The van der Waals surface area contributed by atoms with Crippen molar-refractivity contribution in [3.63, 3.8) is 0 Å². The molecule has 0 aliphatic carbocycles. The number of benzene rings is 2. The van der Waals surface area contributed by atoms with Crippen LogP contribution in [0.15, 0.2) is 42.5 Å². The highest BCUT2D eigenvalue weighted by Gasteiger charge is 2.19. The van der Waals surface area contributed by atoms with Crippen molar-refractivity contribution in [1.82, 2.24) is 0 Å². The molecule has 1 atom stereocenters. The number of hydrogen-bond acceptors (Lipinski definition) is 3. The Balaban J connectivity index is 2.08. The van der Waals surface area contributed by atoms with Gasteiger partial charge in [-0.2, -0.15) is 0 Å². The van der Waals surface area contributed by atoms with Crippen molar-refractivity contribution < 1.29 is 19.4 Å². The summed E-state index contributed by atoms with van der Waals surface area (Å²) in [6.07, 6.45) is -0.000641. The molecule has 1 N–H and O–H groups in total. The Morgan fingerprint density at radius 3 is 2.35 bits per heavy atom. The normalized spacial score (nSPS) is 11.8. The predicted octanol–water partition coefficient (Wildman–Crippen LogP) is 4.48. The molecule has 0 saturated carbocycles. The van der Waals surface area contributed by atoms with Crippen LogP contribution in [0.25, 0.3) is 0 Å². The second-order valence-electron chi connectivity index (χ2n) is 5.02. The zero-order valence-corrected chi connectivity index (χ0v) is 13.8. The van der Waals surface area contributed by atoms with Crippen molar-refractivity contribution in [2.45, 2.75) is 19.4 Å². The van der Waals surface area contributed by atoms with E-state index in [1.165, 1.54) is 12.1 Å². The molecule has 120 valence electrons. The molecule has 2 rings (SSSR count). The van der Waals surface area contributed by atoms with E-state index in [0.717, 1.165) is 5.56 Å². The highest BCUT2D eigenvalue weighted by Crippen LogP contribution is 2.23. The first-order chi connectivity index (χ1) is 10.9. The first-order valence-corrected chi connectivity index (χ1v) is 7.61. The van der Waals surface area contributed by atoms with Gasteiger partial charge in [0.25, 0.3) is 0 Å². The maximum absolute atomic E-state index is 12.2. The quantitative estimate of drug-likeness (QED) is 0.805. The molecule has 0 unspecified atom stereocenters. The Morgan fingerprint density at radius 2 is 1.74 bits per heavy atom. The molecule has 6 heteroatoms. The van der Waals surface area contributed by atoms with Crippen LogP contribution in [0.1, 0.15) is 33.2 Å². The largest absolute Gasteiger partial charge is 0.478 e. The van der Waals surface area contributed by atoms with Crippen molar-refractivity contribution >= 4 is 35.1 Å². The summed E-state index contributed by atoms with van der Waals surface area (Å²) >= 11 is 11.8. The first kappa shape index (κ1) is 17.3. The SMILES string of the molecule is C[C@@H](Cc1ccc(Cl)c(Cl)c1)OC(=O)c1ccccc1C(=O)O. The minimum Gasteiger partial charge on any atom is -0.478 e. The molecule has 0 spiro atoms. The van der Waals surface area contributed by atoms with E-state index >= 15 is 0 Å². The molecule has 0 radical (unpaired) electrons. The smallest absolute Gasteiger partial charge is 0.339 e. The monoisotopic (exact) mass is 352 g/mol. The zero-order valence-electron chi connectivity index (χ0n) is 12.3. The van der Waals surface area contributed by atoms with E-state index < -0.39 is 18.0 Å². The van der Waals surface area contributed by atoms with Gasteiger partial charge in [0, 0.05) is 6.42 Å². The number of carboxylic acid groups (broad SMARTS) is 1. The van der Waals surface area contributed by atoms with E-state index in [-0.39, 0.29) is 11.1 Å². The summed E-state index contributed by atoms with van der Waals surface area (Å²) in [6, 6.07) is 11.1. The first-order valence-electron chi connectivity index (χ1n) is 6.85. The van der Waals surface area contributed by atoms with Gasteiger partial charge >= 0.3 is 11.9 Å². The molecule has 0 heterocycles. The summed E-state index contributed by atoms with van der Waals surface area (Å²) in [7, 11) is 0. The van der Waals surface area contributed by atoms with Crippen molar-refractivity contribution in [2.75, 3.05) is 0 Å². The van der Waals surface area contributed by atoms with Crippen LogP contribution in [-0.4, -0.2) is 23.1 Å². The van der Waals surface area contributed by atoms with Gasteiger partial charge in [0.2, 0.25) is 0 Å². The molecule has 0 saturated heterocycles. The minimum absolute atomic E-state index is 0.0287. The molecule has 0 aliphatic heterocycles. The fourth-order valence-electron chi connectivity index (χ4n) is 2.13. The van der Waals surface area contributed by atoms with Crippen LogP contribution in [0, 0.1) is 0 Å². The zero-order chi connectivity index (χ0) is 17.0. The summed E-state index contributed by atoms with van der Waals surface area (Å²) in [5, 5.41) is 9.99. The number of carboxylic acids is 1. The van der Waals surface area contributed by atoms with Crippen LogP contribution in [-0.2, 0) is 11.2 Å². The molecular formula is C17H14Cl2O4. The van der Waals surface area contributed by atoms with Gasteiger partial charge in [-0.05, 0) is 36.8 Å². The molecule has 0 aliphatic rings. The molecule has 2 aromatic rings. The van der Waals surface area contributed by atoms with Gasteiger partial charge in [-0.15, -0.1) is 0 Å². The van der Waals surface area contributed by atoms with Gasteiger partial charge < -0.3 is 9.84 Å². The lowest BCUT2D eigenvalue weighted by atomic mass is 10.1. The van der Waals surface area contributed by atoms with Gasteiger partial charge in [0.1, 0.15) is 6.10 Å². The number of rotatable bonds is 5. The van der Waals surface area contributed by atoms with Crippen molar-refractivity contribution in [3.05, 3.63) is 69.2 Å². The van der Waals surface area contributed by atoms with Crippen LogP contribution >= 0.6 is 23.2 Å². The summed E-state index contributed by atoms with van der Waals surface area (Å²) in [6.45, 7) is 1.73. The van der Waals surface area contributed by atoms with Gasteiger partial charge in [0.15, 0.2) is 0 Å². The number of aromatic carboxylic acids is 1. The number of esters is 1. The lowest BCUT2D eigenvalue weighted by Gasteiger charge is -2.14. The molecule has 0 aromatic heterocycles. The molecular weight excluding hydrogens is 339 g/mol. The van der Waals surface area contributed by atoms with Crippen molar-refractivity contribution in [2.24, 2.45) is 0 Å². The van der Waals surface area contributed by atoms with Gasteiger partial charge in [0.05, 0.1) is 21.2 Å². The highest BCUT2D eigenvalue weighted by atomic mass is 35.5. The van der Waals surface area contributed by atoms with Gasteiger partial charge in [-0.25, -0.2) is 9.59 Å². The van der Waals surface area contributed by atoms with Crippen LogP contribution in [0.3, 0.4) is 0 Å². The lowest BCUT2D eigenvalue weighted by molar-refractivity contribution is 0.0336. The summed E-state index contributed by atoms with van der Waals surface area (Å²) in [5.74, 6) is -1.84. The van der Waals surface area contributed by atoms with Gasteiger partial charge in [-0.3, -0.25) is 0 Å². The second kappa shape index (κ2) is 7.49. The third-order valence-corrected chi connectivity index (χ3v) is 3.93. The van der Waals surface area contributed by atoms with E-state index in [9.17, 15) is 9.59 Å². The van der Waals surface area contributed by atoms with Crippen LogP contribution in [0.4, 0.5) is 0 Å². The fraction of sp³-hybridized carbons (Fsp3) is 0.176. The topological polar surface area (TPSA) is 63.6 Å². The fourth-order valence-corrected chi connectivity index (χ4v) is 2.45. The summed E-state index contributed by atoms with van der Waals surface area (Å²) in [4.78, 5) is 23.3. The van der Waals surface area contributed by atoms with E-state index in [1.807, 2.05) is 0 Å². The maximum Gasteiger partial charge on any atom is 0.339 e. The molecule has 0 amide bonds. The lowest BCUT2D eigenvalue weighted by Crippen LogP contribution is -2.19. The number of carbonyl (C=O) groups is 2. The molecule has 23 heavy (non-hydrogen) atoms. The highest BCUT2D eigenvalue weighted by molar-refractivity contribution is 6.42. The van der Waals surface area contributed by atoms with Crippen LogP contribution < -0.4 is 0 Å². The molecule has 4 nitrogen and oxygen atoms in total. The molecule has 0 fully saturated rings. The van der Waals surface area contributed by atoms with E-state index in [2.05, 4.69) is 0 Å². The van der Waals surface area contributed by atoms with Crippen molar-refractivity contribution in [1.29, 1.82) is 0 Å². The van der Waals surface area contributed by atoms with Crippen molar-refractivity contribution in [3.8, 4) is 0 Å². The van der Waals surface area contributed by atoms with E-state index in [4.69, 9.17) is 33.0 Å².